The number of carbonyl (C=O) groups is 2. The van der Waals surface area contributed by atoms with Gasteiger partial charge >= 0.3 is 5.97 Å². The van der Waals surface area contributed by atoms with E-state index in [2.05, 4.69) is 17.1 Å². The van der Waals surface area contributed by atoms with Gasteiger partial charge in [0.15, 0.2) is 0 Å². The molecule has 1 aliphatic heterocycles. The predicted molar refractivity (Wildman–Crippen MR) is 111 cm³/mol. The van der Waals surface area contributed by atoms with E-state index in [0.29, 0.717) is 16.1 Å². The van der Waals surface area contributed by atoms with E-state index in [0.717, 1.165) is 36.5 Å². The fourth-order valence-corrected chi connectivity index (χ4v) is 4.45. The Hall–Kier alpha value is -3.04. The van der Waals surface area contributed by atoms with Crippen molar-refractivity contribution in [1.82, 2.24) is 4.90 Å². The van der Waals surface area contributed by atoms with E-state index in [4.69, 9.17) is 4.74 Å². The number of anilines is 1. The third-order valence-electron chi connectivity index (χ3n) is 4.74. The highest BCUT2D eigenvalue weighted by atomic mass is 32.1. The van der Waals surface area contributed by atoms with E-state index >= 15 is 0 Å². The van der Waals surface area contributed by atoms with Gasteiger partial charge in [0.1, 0.15) is 5.00 Å². The van der Waals surface area contributed by atoms with Crippen LogP contribution in [0.2, 0.25) is 0 Å². The molecule has 8 nitrogen and oxygen atoms in total. The van der Waals surface area contributed by atoms with Gasteiger partial charge in [0, 0.05) is 36.2 Å². The lowest BCUT2D eigenvalue weighted by molar-refractivity contribution is -0.384. The fraction of sp³-hybridized carbons (Fsp3) is 0.300. The standard InChI is InChI=1S/C20H21N3O5S/c1-3-22-11-10-15-16(12-22)29-19(18(15)20(25)28-2)21-17(24)9-6-13-4-7-14(8-5-13)23(26)27/h4-9H,3,10-12H2,1-2H3,(H,21,24)/b9-6-. The number of rotatable bonds is 6. The van der Waals surface area contributed by atoms with Crippen molar-refractivity contribution >= 4 is 40.0 Å². The smallest absolute Gasteiger partial charge is 0.341 e. The SMILES string of the molecule is CCN1CCc2c(sc(NC(=O)/C=C\c3ccc([N+](=O)[O-])cc3)c2C(=O)OC)C1. The van der Waals surface area contributed by atoms with Gasteiger partial charge in [-0.1, -0.05) is 6.92 Å². The highest BCUT2D eigenvalue weighted by Gasteiger charge is 2.28. The Morgan fingerprint density at radius 2 is 2.07 bits per heavy atom. The molecule has 0 fully saturated rings. The number of hydrogen-bond donors (Lipinski definition) is 1. The maximum Gasteiger partial charge on any atom is 0.341 e. The Balaban J connectivity index is 1.78. The Bertz CT molecular complexity index is 965. The van der Waals surface area contributed by atoms with Gasteiger partial charge in [-0.15, -0.1) is 11.3 Å². The summed E-state index contributed by atoms with van der Waals surface area (Å²) in [6.45, 7) is 4.61. The first-order valence-electron chi connectivity index (χ1n) is 9.11. The molecule has 0 atom stereocenters. The molecule has 2 heterocycles. The molecule has 0 saturated heterocycles. The minimum atomic E-state index is -0.479. The van der Waals surface area contributed by atoms with Crippen molar-refractivity contribution in [3.63, 3.8) is 0 Å². The molecule has 29 heavy (non-hydrogen) atoms. The monoisotopic (exact) mass is 415 g/mol. The number of ether oxygens (including phenoxy) is 1. The number of nitro benzene ring substituents is 1. The number of likely N-dealkylation sites (N-methyl/N-ethyl adjacent to an activating group) is 1. The number of nitrogens with zero attached hydrogens (tertiary/aromatic N) is 2. The lowest BCUT2D eigenvalue weighted by Crippen LogP contribution is -2.29. The first kappa shape index (κ1) is 20.7. The van der Waals surface area contributed by atoms with Crippen LogP contribution in [-0.2, 0) is 22.5 Å². The van der Waals surface area contributed by atoms with E-state index in [1.165, 1.54) is 36.7 Å². The van der Waals surface area contributed by atoms with Crippen LogP contribution in [0, 0.1) is 10.1 Å². The third-order valence-corrected chi connectivity index (χ3v) is 5.87. The van der Waals surface area contributed by atoms with Crippen LogP contribution in [-0.4, -0.2) is 41.9 Å². The Morgan fingerprint density at radius 3 is 2.69 bits per heavy atom. The van der Waals surface area contributed by atoms with Crippen molar-refractivity contribution in [3.8, 4) is 0 Å². The first-order valence-corrected chi connectivity index (χ1v) is 9.93. The number of thiophene rings is 1. The first-order chi connectivity index (χ1) is 13.9. The molecule has 9 heteroatoms. The molecule has 1 N–H and O–H groups in total. The number of nitro groups is 1. The summed E-state index contributed by atoms with van der Waals surface area (Å²) < 4.78 is 4.93. The highest BCUT2D eigenvalue weighted by Crippen LogP contribution is 2.37. The number of non-ortho nitro benzene ring substituents is 1. The maximum atomic E-state index is 12.4. The molecule has 1 aromatic carbocycles. The number of benzene rings is 1. The zero-order valence-electron chi connectivity index (χ0n) is 16.1. The van der Waals surface area contributed by atoms with Gasteiger partial charge in [0.05, 0.1) is 17.6 Å². The van der Waals surface area contributed by atoms with Gasteiger partial charge in [-0.3, -0.25) is 19.8 Å². The molecule has 0 bridgehead atoms. The predicted octanol–water partition coefficient (Wildman–Crippen LogP) is 3.47. The average molecular weight is 415 g/mol. The van der Waals surface area contributed by atoms with E-state index in [1.54, 1.807) is 18.2 Å². The van der Waals surface area contributed by atoms with E-state index in [-0.39, 0.29) is 11.6 Å². The van der Waals surface area contributed by atoms with Gasteiger partial charge in [-0.25, -0.2) is 4.79 Å². The molecule has 0 spiro atoms. The van der Waals surface area contributed by atoms with Crippen LogP contribution >= 0.6 is 11.3 Å². The largest absolute Gasteiger partial charge is 0.465 e. The normalized spacial score (nSPS) is 13.9. The van der Waals surface area contributed by atoms with Gasteiger partial charge in [-0.05, 0) is 42.3 Å². The second-order valence-corrected chi connectivity index (χ2v) is 7.59. The Morgan fingerprint density at radius 1 is 1.34 bits per heavy atom. The third kappa shape index (κ3) is 4.69. The summed E-state index contributed by atoms with van der Waals surface area (Å²) in [4.78, 5) is 38.3. The van der Waals surface area contributed by atoms with E-state index in [9.17, 15) is 19.7 Å². The highest BCUT2D eigenvalue weighted by molar-refractivity contribution is 7.17. The molecule has 0 saturated carbocycles. The summed E-state index contributed by atoms with van der Waals surface area (Å²) in [5.41, 5.74) is 2.02. The second kappa shape index (κ2) is 8.97. The molecule has 0 aliphatic carbocycles. The lowest BCUT2D eigenvalue weighted by atomic mass is 10.0. The van der Waals surface area contributed by atoms with Crippen molar-refractivity contribution in [2.75, 3.05) is 25.5 Å². The topological polar surface area (TPSA) is 102 Å². The molecule has 2 aromatic rings. The summed E-state index contributed by atoms with van der Waals surface area (Å²) in [5, 5.41) is 14.0. The summed E-state index contributed by atoms with van der Waals surface area (Å²) in [6, 6.07) is 5.87. The van der Waals surface area contributed by atoms with Crippen LogP contribution in [0.4, 0.5) is 10.7 Å². The van der Waals surface area contributed by atoms with E-state index in [1.807, 2.05) is 0 Å². The average Bonchev–Trinajstić information content (AvgIpc) is 3.08. The quantitative estimate of drug-likeness (QED) is 0.335. The summed E-state index contributed by atoms with van der Waals surface area (Å²) >= 11 is 1.40. The second-order valence-electron chi connectivity index (χ2n) is 6.49. The molecule has 0 unspecified atom stereocenters. The summed E-state index contributed by atoms with van der Waals surface area (Å²) in [7, 11) is 1.33. The number of amides is 1. The Kier molecular flexibility index (Phi) is 6.40. The number of hydrogen-bond acceptors (Lipinski definition) is 7. The maximum absolute atomic E-state index is 12.4. The van der Waals surface area contributed by atoms with Gasteiger partial charge < -0.3 is 10.1 Å². The summed E-state index contributed by atoms with van der Waals surface area (Å²) in [6.07, 6.45) is 3.63. The van der Waals surface area contributed by atoms with Crippen molar-refractivity contribution in [3.05, 3.63) is 62.0 Å². The van der Waals surface area contributed by atoms with Crippen molar-refractivity contribution in [2.45, 2.75) is 19.9 Å². The molecular formula is C20H21N3O5S. The lowest BCUT2D eigenvalue weighted by Gasteiger charge is -2.25. The van der Waals surface area contributed by atoms with Crippen LogP contribution in [0.3, 0.4) is 0 Å². The molecule has 3 rings (SSSR count). The Labute approximate surface area is 171 Å². The molecule has 1 aliphatic rings. The summed E-state index contributed by atoms with van der Waals surface area (Å²) in [5.74, 6) is -0.846. The number of nitrogens with one attached hydrogen (secondary N) is 1. The number of carbonyl (C=O) groups excluding carboxylic acids is 2. The number of esters is 1. The van der Waals surface area contributed by atoms with Crippen LogP contribution in [0.25, 0.3) is 6.08 Å². The van der Waals surface area contributed by atoms with Crippen molar-refractivity contribution in [1.29, 1.82) is 0 Å². The van der Waals surface area contributed by atoms with Crippen LogP contribution in [0.1, 0.15) is 33.3 Å². The van der Waals surface area contributed by atoms with Gasteiger partial charge in [0.25, 0.3) is 5.69 Å². The molecule has 1 amide bonds. The number of methoxy groups -OCH3 is 1. The zero-order chi connectivity index (χ0) is 21.0. The molecule has 152 valence electrons. The fourth-order valence-electron chi connectivity index (χ4n) is 3.16. The molecular weight excluding hydrogens is 394 g/mol. The van der Waals surface area contributed by atoms with Gasteiger partial charge in [-0.2, -0.15) is 0 Å². The van der Waals surface area contributed by atoms with Gasteiger partial charge in [0.2, 0.25) is 5.91 Å². The van der Waals surface area contributed by atoms with Crippen LogP contribution in [0.15, 0.2) is 30.3 Å². The zero-order valence-corrected chi connectivity index (χ0v) is 17.0. The molecule has 1 aromatic heterocycles. The minimum Gasteiger partial charge on any atom is -0.465 e. The molecule has 0 radical (unpaired) electrons. The minimum absolute atomic E-state index is 0.0142. The van der Waals surface area contributed by atoms with Crippen molar-refractivity contribution in [2.24, 2.45) is 0 Å². The van der Waals surface area contributed by atoms with E-state index < -0.39 is 10.9 Å². The van der Waals surface area contributed by atoms with Crippen LogP contribution in [0.5, 0.6) is 0 Å². The number of fused-ring (bicyclic) bond motifs is 1. The van der Waals surface area contributed by atoms with Crippen molar-refractivity contribution < 1.29 is 19.2 Å². The van der Waals surface area contributed by atoms with Crippen LogP contribution < -0.4 is 5.32 Å².